The van der Waals surface area contributed by atoms with Crippen LogP contribution in [0.2, 0.25) is 0 Å². The highest BCUT2D eigenvalue weighted by atomic mass is 32.2. The quantitative estimate of drug-likeness (QED) is 0.631. The van der Waals surface area contributed by atoms with Gasteiger partial charge in [-0.1, -0.05) is 17.2 Å². The van der Waals surface area contributed by atoms with Crippen LogP contribution in [0.1, 0.15) is 35.7 Å². The molecule has 3 aromatic rings. The van der Waals surface area contributed by atoms with E-state index in [4.69, 9.17) is 9.15 Å². The molecule has 1 amide bonds. The van der Waals surface area contributed by atoms with Gasteiger partial charge in [-0.2, -0.15) is 0 Å². The molecule has 0 spiro atoms. The first-order valence-electron chi connectivity index (χ1n) is 8.90. The maximum Gasteiger partial charge on any atom is 0.322 e. The summed E-state index contributed by atoms with van der Waals surface area (Å²) in [6.07, 6.45) is 0.313. The highest BCUT2D eigenvalue weighted by Crippen LogP contribution is 2.19. The van der Waals surface area contributed by atoms with E-state index in [0.717, 1.165) is 5.56 Å². The number of methoxy groups -OCH3 is 1. The molecule has 152 valence electrons. The summed E-state index contributed by atoms with van der Waals surface area (Å²) in [6, 6.07) is 13.1. The van der Waals surface area contributed by atoms with Crippen molar-refractivity contribution < 1.29 is 22.4 Å². The van der Waals surface area contributed by atoms with E-state index in [1.165, 1.54) is 0 Å². The van der Waals surface area contributed by atoms with Crippen molar-refractivity contribution in [3.63, 3.8) is 0 Å². The molecule has 1 aromatic heterocycles. The number of sulfone groups is 1. The van der Waals surface area contributed by atoms with Gasteiger partial charge in [0.1, 0.15) is 5.75 Å². The number of ether oxygens (including phenoxy) is 1. The van der Waals surface area contributed by atoms with Gasteiger partial charge in [0, 0.05) is 5.56 Å². The largest absolute Gasteiger partial charge is 0.497 e. The topological polar surface area (TPSA) is 111 Å². The number of rotatable bonds is 7. The predicted molar refractivity (Wildman–Crippen MR) is 107 cm³/mol. The van der Waals surface area contributed by atoms with Crippen LogP contribution in [0.3, 0.4) is 0 Å². The standard InChI is InChI=1S/C20H21N3O5S/c1-13(2)29(25,26)17-10-4-14(5-11-17)12-18-22-23-20(28-18)21-19(24)15-6-8-16(27-3)9-7-15/h4-11,13H,12H2,1-3H3,(H,21,23,24). The van der Waals surface area contributed by atoms with Gasteiger partial charge >= 0.3 is 6.01 Å². The van der Waals surface area contributed by atoms with E-state index >= 15 is 0 Å². The van der Waals surface area contributed by atoms with E-state index < -0.39 is 15.1 Å². The third kappa shape index (κ3) is 4.80. The van der Waals surface area contributed by atoms with E-state index in [0.29, 0.717) is 23.6 Å². The van der Waals surface area contributed by atoms with Crippen LogP contribution in [0.15, 0.2) is 57.8 Å². The van der Waals surface area contributed by atoms with Crippen molar-refractivity contribution >= 4 is 21.8 Å². The highest BCUT2D eigenvalue weighted by Gasteiger charge is 2.19. The fraction of sp³-hybridized carbons (Fsp3) is 0.250. The van der Waals surface area contributed by atoms with Crippen LogP contribution in [0.5, 0.6) is 5.75 Å². The Morgan fingerprint density at radius 2 is 1.72 bits per heavy atom. The van der Waals surface area contributed by atoms with Crippen molar-refractivity contribution in [3.8, 4) is 5.75 Å². The van der Waals surface area contributed by atoms with Crippen molar-refractivity contribution in [3.05, 3.63) is 65.5 Å². The van der Waals surface area contributed by atoms with Crippen molar-refractivity contribution in [2.45, 2.75) is 30.4 Å². The van der Waals surface area contributed by atoms with Crippen LogP contribution in [0, 0.1) is 0 Å². The molecule has 3 rings (SSSR count). The van der Waals surface area contributed by atoms with E-state index in [2.05, 4.69) is 15.5 Å². The second kappa shape index (κ2) is 8.44. The lowest BCUT2D eigenvalue weighted by Gasteiger charge is -2.08. The molecular weight excluding hydrogens is 394 g/mol. The van der Waals surface area contributed by atoms with E-state index in [-0.39, 0.29) is 16.8 Å². The van der Waals surface area contributed by atoms with Gasteiger partial charge in [-0.25, -0.2) is 8.42 Å². The minimum Gasteiger partial charge on any atom is -0.497 e. The lowest BCUT2D eigenvalue weighted by atomic mass is 10.1. The molecule has 0 radical (unpaired) electrons. The van der Waals surface area contributed by atoms with Crippen molar-refractivity contribution in [1.29, 1.82) is 0 Å². The summed E-state index contributed by atoms with van der Waals surface area (Å²) in [6.45, 7) is 3.28. The zero-order valence-electron chi connectivity index (χ0n) is 16.2. The lowest BCUT2D eigenvalue weighted by molar-refractivity contribution is 0.102. The Bertz CT molecular complexity index is 1090. The Hall–Kier alpha value is -3.20. The number of hydrogen-bond acceptors (Lipinski definition) is 7. The summed E-state index contributed by atoms with van der Waals surface area (Å²) in [5.74, 6) is 0.564. The molecule has 29 heavy (non-hydrogen) atoms. The molecule has 0 atom stereocenters. The van der Waals surface area contributed by atoms with Gasteiger partial charge in [-0.3, -0.25) is 10.1 Å². The molecule has 1 N–H and O–H groups in total. The normalized spacial score (nSPS) is 11.4. The number of amides is 1. The minimum atomic E-state index is -3.31. The van der Waals surface area contributed by atoms with Crippen LogP contribution >= 0.6 is 0 Å². The summed E-state index contributed by atoms with van der Waals surface area (Å²) < 4.78 is 34.9. The number of carbonyl (C=O) groups excluding carboxylic acids is 1. The number of hydrogen-bond donors (Lipinski definition) is 1. The van der Waals surface area contributed by atoms with Crippen molar-refractivity contribution in [1.82, 2.24) is 10.2 Å². The van der Waals surface area contributed by atoms with Gasteiger partial charge in [-0.05, 0) is 55.8 Å². The second-order valence-corrected chi connectivity index (χ2v) is 9.10. The molecule has 0 fully saturated rings. The number of carbonyl (C=O) groups is 1. The number of anilines is 1. The third-order valence-corrected chi connectivity index (χ3v) is 6.44. The van der Waals surface area contributed by atoms with Crippen LogP contribution < -0.4 is 10.1 Å². The van der Waals surface area contributed by atoms with Crippen LogP contribution in [-0.2, 0) is 16.3 Å². The molecule has 0 aliphatic rings. The molecule has 0 aliphatic carbocycles. The summed E-state index contributed by atoms with van der Waals surface area (Å²) in [7, 11) is -1.77. The fourth-order valence-electron chi connectivity index (χ4n) is 2.53. The number of nitrogens with zero attached hydrogens (tertiary/aromatic N) is 2. The van der Waals surface area contributed by atoms with Crippen LogP contribution in [-0.4, -0.2) is 36.9 Å². The minimum absolute atomic E-state index is 0.0141. The molecule has 8 nitrogen and oxygen atoms in total. The van der Waals surface area contributed by atoms with E-state index in [9.17, 15) is 13.2 Å². The Morgan fingerprint density at radius 1 is 1.07 bits per heavy atom. The highest BCUT2D eigenvalue weighted by molar-refractivity contribution is 7.92. The fourth-order valence-corrected chi connectivity index (χ4v) is 3.59. The molecule has 0 unspecified atom stereocenters. The first-order valence-corrected chi connectivity index (χ1v) is 10.4. The first-order chi connectivity index (χ1) is 13.8. The average molecular weight is 415 g/mol. The van der Waals surface area contributed by atoms with Crippen molar-refractivity contribution in [2.24, 2.45) is 0 Å². The van der Waals surface area contributed by atoms with Crippen LogP contribution in [0.25, 0.3) is 0 Å². The molecule has 9 heteroatoms. The Balaban J connectivity index is 1.65. The Labute approximate surface area is 168 Å². The number of nitrogens with one attached hydrogen (secondary N) is 1. The maximum absolute atomic E-state index is 12.2. The average Bonchev–Trinajstić information content (AvgIpc) is 3.15. The molecule has 0 bridgehead atoms. The second-order valence-electron chi connectivity index (χ2n) is 6.60. The lowest BCUT2D eigenvalue weighted by Crippen LogP contribution is -2.13. The van der Waals surface area contributed by atoms with Gasteiger partial charge in [-0.15, -0.1) is 5.10 Å². The number of aromatic nitrogens is 2. The zero-order valence-corrected chi connectivity index (χ0v) is 17.1. The molecule has 1 heterocycles. The molecular formula is C20H21N3O5S. The predicted octanol–water partition coefficient (Wildman–Crippen LogP) is 3.10. The van der Waals surface area contributed by atoms with Gasteiger partial charge in [0.25, 0.3) is 5.91 Å². The molecule has 0 aliphatic heterocycles. The van der Waals surface area contributed by atoms with Crippen molar-refractivity contribution in [2.75, 3.05) is 12.4 Å². The van der Waals surface area contributed by atoms with Gasteiger partial charge in [0.15, 0.2) is 9.84 Å². The molecule has 2 aromatic carbocycles. The Kier molecular flexibility index (Phi) is 5.97. The number of benzene rings is 2. The Morgan fingerprint density at radius 3 is 2.31 bits per heavy atom. The summed E-state index contributed by atoms with van der Waals surface area (Å²) in [4.78, 5) is 12.5. The SMILES string of the molecule is COc1ccc(C(=O)Nc2nnc(Cc3ccc(S(=O)(=O)C(C)C)cc3)o2)cc1. The van der Waals surface area contributed by atoms with Gasteiger partial charge in [0.05, 0.1) is 23.7 Å². The van der Waals surface area contributed by atoms with Crippen LogP contribution in [0.4, 0.5) is 6.01 Å². The van der Waals surface area contributed by atoms with Gasteiger partial charge < -0.3 is 9.15 Å². The summed E-state index contributed by atoms with van der Waals surface area (Å²) in [5.41, 5.74) is 1.23. The summed E-state index contributed by atoms with van der Waals surface area (Å²) >= 11 is 0. The smallest absolute Gasteiger partial charge is 0.322 e. The molecule has 0 saturated heterocycles. The van der Waals surface area contributed by atoms with E-state index in [1.54, 1.807) is 69.5 Å². The first kappa shape index (κ1) is 20.5. The third-order valence-electron chi connectivity index (χ3n) is 4.27. The monoisotopic (exact) mass is 415 g/mol. The summed E-state index contributed by atoms with van der Waals surface area (Å²) in [5, 5.41) is 9.80. The maximum atomic E-state index is 12.2. The van der Waals surface area contributed by atoms with Gasteiger partial charge in [0.2, 0.25) is 5.89 Å². The molecule has 0 saturated carbocycles. The zero-order chi connectivity index (χ0) is 21.0. The van der Waals surface area contributed by atoms with E-state index in [1.807, 2.05) is 0 Å².